The number of halogens is 2. The molecule has 0 N–H and O–H groups in total. The van der Waals surface area contributed by atoms with Gasteiger partial charge in [0.25, 0.3) is 0 Å². The van der Waals surface area contributed by atoms with Crippen molar-refractivity contribution >= 4 is 59.6 Å². The third-order valence-electron chi connectivity index (χ3n) is 0.126. The molecule has 0 bridgehead atoms. The van der Waals surface area contributed by atoms with Crippen LogP contribution in [-0.4, -0.2) is 51.4 Å². The second kappa shape index (κ2) is 7.65. The van der Waals surface area contributed by atoms with Crippen molar-refractivity contribution in [3.05, 3.63) is 0 Å². The average molecular weight is 158 g/mol. The Hall–Kier alpha value is 1.65. The molecule has 0 aliphatic carbocycles. The molecule has 0 atom stereocenters. The van der Waals surface area contributed by atoms with Gasteiger partial charge in [-0.3, -0.25) is 4.57 Å². The summed E-state index contributed by atoms with van der Waals surface area (Å²) < 4.78 is 34.4. The third-order valence-corrected chi connectivity index (χ3v) is 0.378. The van der Waals surface area contributed by atoms with Gasteiger partial charge >= 0.3 is 59.6 Å². The summed E-state index contributed by atoms with van der Waals surface area (Å²) in [5, 5.41) is 0. The summed E-state index contributed by atoms with van der Waals surface area (Å²) in [6, 6.07) is 0. The molecule has 0 saturated carbocycles. The quantitative estimate of drug-likeness (QED) is 0.434. The fourth-order valence-electron chi connectivity index (χ4n) is 0.0119. The van der Waals surface area contributed by atoms with Crippen molar-refractivity contribution < 1.29 is 23.1 Å². The van der Waals surface area contributed by atoms with Gasteiger partial charge in [-0.15, -0.1) is 9.46 Å². The van der Waals surface area contributed by atoms with Crippen LogP contribution in [0.5, 0.6) is 0 Å². The Morgan fingerprint density at radius 1 is 1.29 bits per heavy atom. The van der Waals surface area contributed by atoms with Gasteiger partial charge in [-0.25, -0.2) is 0 Å². The summed E-state index contributed by atoms with van der Waals surface area (Å²) in [6.45, 7) is 0. The fraction of sp³-hybridized carbons (Fsp3) is 0. The first-order valence-corrected chi connectivity index (χ1v) is 2.15. The first-order chi connectivity index (χ1) is 2.81. The van der Waals surface area contributed by atoms with Crippen molar-refractivity contribution in [3.63, 3.8) is 0 Å². The SMILES string of the molecule is O=[PH](OF)OF.[KH]. The molecule has 0 aliphatic rings. The predicted octanol–water partition coefficient (Wildman–Crippen LogP) is 0.530. The van der Waals surface area contributed by atoms with Gasteiger partial charge in [-0.1, -0.05) is 0 Å². The maximum atomic E-state index is 10.3. The number of hydrogen-bond acceptors (Lipinski definition) is 3. The Labute approximate surface area is 81.5 Å². The topological polar surface area (TPSA) is 35.5 Å². The molecule has 0 fully saturated rings. The van der Waals surface area contributed by atoms with Crippen LogP contribution < -0.4 is 0 Å². The molecule has 7 heavy (non-hydrogen) atoms. The van der Waals surface area contributed by atoms with Gasteiger partial charge in [0, 0.05) is 0 Å². The second-order valence-electron chi connectivity index (χ2n) is 0.404. The van der Waals surface area contributed by atoms with Crippen LogP contribution in [0.1, 0.15) is 0 Å². The summed E-state index contributed by atoms with van der Waals surface area (Å²) in [4.78, 5) is 0. The van der Waals surface area contributed by atoms with Gasteiger partial charge in [0.15, 0.2) is 0 Å². The van der Waals surface area contributed by atoms with Crippen LogP contribution in [0.15, 0.2) is 0 Å². The molecule has 3 nitrogen and oxygen atoms in total. The maximum absolute atomic E-state index is 10.3. The Balaban J connectivity index is 0. The van der Waals surface area contributed by atoms with E-state index >= 15 is 0 Å². The Bertz CT molecular complexity index is 50.9. The molecule has 0 spiro atoms. The van der Waals surface area contributed by atoms with Gasteiger partial charge in [0.2, 0.25) is 0 Å². The van der Waals surface area contributed by atoms with Crippen LogP contribution in [-0.2, 0) is 14.0 Å². The van der Waals surface area contributed by atoms with Crippen LogP contribution in [0.2, 0.25) is 0 Å². The van der Waals surface area contributed by atoms with Crippen LogP contribution >= 0.6 is 8.25 Å². The normalized spacial score (nSPS) is 8.43. The molecule has 0 aliphatic heterocycles. The van der Waals surface area contributed by atoms with Crippen LogP contribution in [0.3, 0.4) is 0 Å². The number of hydrogen-bond donors (Lipinski definition) is 0. The molecule has 0 rings (SSSR count). The molecule has 40 valence electrons. The van der Waals surface area contributed by atoms with Crippen molar-refractivity contribution in [3.8, 4) is 0 Å². The fourth-order valence-corrected chi connectivity index (χ4v) is 0.0357. The van der Waals surface area contributed by atoms with E-state index in [4.69, 9.17) is 0 Å². The summed E-state index contributed by atoms with van der Waals surface area (Å²) in [5.74, 6) is 0. The van der Waals surface area contributed by atoms with Crippen molar-refractivity contribution in [2.75, 3.05) is 0 Å². The molecule has 0 unspecified atom stereocenters. The molecule has 7 heteroatoms. The van der Waals surface area contributed by atoms with Crippen LogP contribution in [0, 0.1) is 0 Å². The van der Waals surface area contributed by atoms with Gasteiger partial charge in [-0.2, -0.15) is 0 Å². The van der Waals surface area contributed by atoms with E-state index in [0.29, 0.717) is 0 Å². The van der Waals surface area contributed by atoms with Crippen LogP contribution in [0.4, 0.5) is 9.05 Å². The first-order valence-electron chi connectivity index (χ1n) is 0.921. The summed E-state index contributed by atoms with van der Waals surface area (Å²) in [5.41, 5.74) is 0. The van der Waals surface area contributed by atoms with E-state index in [2.05, 4.69) is 9.46 Å². The molecule has 0 radical (unpaired) electrons. The Kier molecular flexibility index (Phi) is 12.5. The van der Waals surface area contributed by atoms with E-state index in [1.807, 2.05) is 0 Å². The molecule has 0 aromatic rings. The van der Waals surface area contributed by atoms with Gasteiger partial charge in [0.1, 0.15) is 0 Å². The first kappa shape index (κ1) is 11.4. The predicted molar refractivity (Wildman–Crippen MR) is 20.5 cm³/mol. The van der Waals surface area contributed by atoms with Crippen molar-refractivity contribution in [2.24, 2.45) is 0 Å². The van der Waals surface area contributed by atoms with E-state index in [1.54, 1.807) is 0 Å². The zero-order valence-electron chi connectivity index (χ0n) is 2.48. The minimum atomic E-state index is -3.45. The summed E-state index contributed by atoms with van der Waals surface area (Å²) in [7, 11) is -3.45. The van der Waals surface area contributed by atoms with E-state index in [9.17, 15) is 13.6 Å². The monoisotopic (exact) mass is 158 g/mol. The number of rotatable bonds is 2. The minimum absolute atomic E-state index is 0. The third kappa shape index (κ3) is 7.65. The molecular weight excluding hydrogens is 156 g/mol. The zero-order chi connectivity index (χ0) is 4.99. The molecular formula is H2F2KO3P. The van der Waals surface area contributed by atoms with E-state index in [-0.39, 0.29) is 51.4 Å². The molecule has 0 saturated heterocycles. The Morgan fingerprint density at radius 2 is 1.57 bits per heavy atom. The van der Waals surface area contributed by atoms with E-state index in [1.165, 1.54) is 0 Å². The van der Waals surface area contributed by atoms with Gasteiger partial charge < -0.3 is 0 Å². The van der Waals surface area contributed by atoms with Crippen molar-refractivity contribution in [1.82, 2.24) is 0 Å². The summed E-state index contributed by atoms with van der Waals surface area (Å²) >= 11 is 0. The zero-order valence-corrected chi connectivity index (χ0v) is 3.48. The average Bonchev–Trinajstić information content (AvgIpc) is 1.65. The van der Waals surface area contributed by atoms with E-state index in [0.717, 1.165) is 0 Å². The van der Waals surface area contributed by atoms with Gasteiger partial charge in [-0.05, 0) is 9.05 Å². The van der Waals surface area contributed by atoms with Crippen molar-refractivity contribution in [1.29, 1.82) is 0 Å². The molecule has 0 heterocycles. The molecule has 0 aromatic heterocycles. The standard InChI is InChI=1S/F2HO3P.K.H/c1-4-6(3)5-2;;/h6H;;. The van der Waals surface area contributed by atoms with Crippen molar-refractivity contribution in [2.45, 2.75) is 0 Å². The van der Waals surface area contributed by atoms with Crippen LogP contribution in [0.25, 0.3) is 0 Å². The second-order valence-corrected chi connectivity index (χ2v) is 1.21. The molecule has 0 amide bonds. The Morgan fingerprint density at radius 3 is 1.57 bits per heavy atom. The molecule has 0 aromatic carbocycles. The van der Waals surface area contributed by atoms with E-state index < -0.39 is 8.25 Å². The van der Waals surface area contributed by atoms with Gasteiger partial charge in [0.05, 0.1) is 0 Å². The summed E-state index contributed by atoms with van der Waals surface area (Å²) in [6.07, 6.45) is 0.